The molecule has 2 amide bonds. The fourth-order valence-electron chi connectivity index (χ4n) is 3.96. The molecule has 0 N–H and O–H groups in total. The van der Waals surface area contributed by atoms with Crippen LogP contribution in [-0.4, -0.2) is 59.7 Å². The lowest BCUT2D eigenvalue weighted by Gasteiger charge is -2.34. The summed E-state index contributed by atoms with van der Waals surface area (Å²) in [6.45, 7) is 7.50. The van der Waals surface area contributed by atoms with Gasteiger partial charge in [0.05, 0.1) is 12.1 Å². The van der Waals surface area contributed by atoms with Gasteiger partial charge in [0, 0.05) is 31.2 Å². The average molecular weight is 424 g/mol. The molecule has 0 aromatic heterocycles. The number of piperazine rings is 1. The maximum Gasteiger partial charge on any atom is 0.278 e. The summed E-state index contributed by atoms with van der Waals surface area (Å²) < 4.78 is 0. The van der Waals surface area contributed by atoms with Gasteiger partial charge >= 0.3 is 0 Å². The first-order valence-electron chi connectivity index (χ1n) is 10.2. The van der Waals surface area contributed by atoms with Crippen molar-refractivity contribution in [2.24, 2.45) is 0 Å². The molecular weight excluding hydrogens is 398 g/mol. The largest absolute Gasteiger partial charge is 0.364 e. The van der Waals surface area contributed by atoms with E-state index in [9.17, 15) is 9.59 Å². The molecule has 1 fully saturated rings. The van der Waals surface area contributed by atoms with Crippen molar-refractivity contribution in [3.8, 4) is 0 Å². The van der Waals surface area contributed by atoms with Crippen LogP contribution in [0.2, 0.25) is 5.02 Å². The second kappa shape index (κ2) is 8.25. The van der Waals surface area contributed by atoms with Gasteiger partial charge in [0.1, 0.15) is 5.70 Å². The van der Waals surface area contributed by atoms with Crippen molar-refractivity contribution >= 4 is 29.0 Å². The molecule has 2 aromatic carbocycles. The van der Waals surface area contributed by atoms with Gasteiger partial charge in [-0.2, -0.15) is 0 Å². The zero-order valence-corrected chi connectivity index (χ0v) is 18.4. The van der Waals surface area contributed by atoms with Gasteiger partial charge in [-0.3, -0.25) is 14.5 Å². The van der Waals surface area contributed by atoms with Crippen molar-refractivity contribution in [2.45, 2.75) is 20.4 Å². The van der Waals surface area contributed by atoms with E-state index in [1.54, 1.807) is 12.1 Å². The topological polar surface area (TPSA) is 43.9 Å². The van der Waals surface area contributed by atoms with Gasteiger partial charge in [0.2, 0.25) is 0 Å². The van der Waals surface area contributed by atoms with Crippen LogP contribution in [-0.2, 0) is 16.1 Å². The van der Waals surface area contributed by atoms with Crippen molar-refractivity contribution in [3.05, 3.63) is 75.4 Å². The van der Waals surface area contributed by atoms with Crippen molar-refractivity contribution < 1.29 is 9.59 Å². The number of rotatable bonds is 4. The van der Waals surface area contributed by atoms with Crippen molar-refractivity contribution in [3.63, 3.8) is 0 Å². The van der Waals surface area contributed by atoms with Crippen LogP contribution in [0.3, 0.4) is 0 Å². The van der Waals surface area contributed by atoms with Crippen LogP contribution in [0, 0.1) is 13.8 Å². The van der Waals surface area contributed by atoms with Crippen LogP contribution in [0.15, 0.2) is 48.2 Å². The summed E-state index contributed by atoms with van der Waals surface area (Å²) in [5.74, 6) is -0.445. The monoisotopic (exact) mass is 423 g/mol. The summed E-state index contributed by atoms with van der Waals surface area (Å²) >= 11 is 5.99. The number of benzene rings is 2. The Labute approximate surface area is 182 Å². The number of hydrogen-bond donors (Lipinski definition) is 0. The number of imide groups is 1. The van der Waals surface area contributed by atoms with Gasteiger partial charge < -0.3 is 9.80 Å². The highest BCUT2D eigenvalue weighted by Crippen LogP contribution is 2.34. The molecule has 0 unspecified atom stereocenters. The quantitative estimate of drug-likeness (QED) is 0.706. The van der Waals surface area contributed by atoms with Gasteiger partial charge in [0.15, 0.2) is 0 Å². The van der Waals surface area contributed by atoms with E-state index in [0.29, 0.717) is 16.3 Å². The molecule has 1 saturated heterocycles. The Bertz CT molecular complexity index is 1020. The van der Waals surface area contributed by atoms with Crippen LogP contribution in [0.5, 0.6) is 0 Å². The second-order valence-electron chi connectivity index (χ2n) is 8.14. The molecule has 156 valence electrons. The molecule has 2 aliphatic heterocycles. The number of nitrogens with zero attached hydrogens (tertiary/aromatic N) is 3. The van der Waals surface area contributed by atoms with Gasteiger partial charge in [-0.05, 0) is 55.3 Å². The van der Waals surface area contributed by atoms with Crippen molar-refractivity contribution in [2.75, 3.05) is 33.2 Å². The van der Waals surface area contributed by atoms with E-state index >= 15 is 0 Å². The highest BCUT2D eigenvalue weighted by molar-refractivity contribution is 6.35. The molecule has 6 heteroatoms. The minimum absolute atomic E-state index is 0.215. The molecule has 0 aliphatic carbocycles. The van der Waals surface area contributed by atoms with E-state index < -0.39 is 0 Å². The fraction of sp³-hybridized carbons (Fsp3) is 0.333. The summed E-state index contributed by atoms with van der Waals surface area (Å²) in [4.78, 5) is 32.6. The Morgan fingerprint density at radius 2 is 1.53 bits per heavy atom. The maximum absolute atomic E-state index is 13.5. The third kappa shape index (κ3) is 3.87. The van der Waals surface area contributed by atoms with Crippen LogP contribution < -0.4 is 0 Å². The molecule has 0 bridgehead atoms. The third-order valence-corrected chi connectivity index (χ3v) is 6.26. The first-order valence-corrected chi connectivity index (χ1v) is 10.6. The predicted molar refractivity (Wildman–Crippen MR) is 119 cm³/mol. The van der Waals surface area contributed by atoms with Crippen LogP contribution in [0.4, 0.5) is 0 Å². The fourth-order valence-corrected chi connectivity index (χ4v) is 4.09. The lowest BCUT2D eigenvalue weighted by Crippen LogP contribution is -2.46. The first-order chi connectivity index (χ1) is 14.3. The second-order valence-corrected chi connectivity index (χ2v) is 8.57. The first kappa shape index (κ1) is 20.6. The van der Waals surface area contributed by atoms with Crippen LogP contribution in [0.25, 0.3) is 5.57 Å². The van der Waals surface area contributed by atoms with Gasteiger partial charge in [-0.15, -0.1) is 0 Å². The minimum Gasteiger partial charge on any atom is -0.364 e. The number of carbonyl (C=O) groups excluding carboxylic acids is 2. The van der Waals surface area contributed by atoms with Crippen molar-refractivity contribution in [1.82, 2.24) is 14.7 Å². The number of aryl methyl sites for hydroxylation is 2. The highest BCUT2D eigenvalue weighted by Gasteiger charge is 2.42. The van der Waals surface area contributed by atoms with Crippen LogP contribution >= 0.6 is 11.6 Å². The third-order valence-electron chi connectivity index (χ3n) is 6.01. The summed E-state index contributed by atoms with van der Waals surface area (Å²) in [6, 6.07) is 13.2. The molecular formula is C24H26ClN3O2. The van der Waals surface area contributed by atoms with E-state index in [4.69, 9.17) is 11.6 Å². The summed E-state index contributed by atoms with van der Waals surface area (Å²) in [6.07, 6.45) is 0. The Hall–Kier alpha value is -2.63. The van der Waals surface area contributed by atoms with E-state index in [2.05, 4.69) is 16.8 Å². The molecule has 5 nitrogen and oxygen atoms in total. The van der Waals surface area contributed by atoms with Gasteiger partial charge in [-0.25, -0.2) is 0 Å². The predicted octanol–water partition coefficient (Wildman–Crippen LogP) is 3.48. The standard InChI is InChI=1S/C24H26ClN3O2/c1-16-4-7-19(14-17(16)2)21-22(27-12-10-26(3)11-13-27)24(30)28(23(21)29)15-18-5-8-20(25)9-6-18/h4-9,14H,10-13,15H2,1-3H3. The molecule has 0 atom stereocenters. The van der Waals surface area contributed by atoms with E-state index in [-0.39, 0.29) is 18.4 Å². The molecule has 0 radical (unpaired) electrons. The number of carbonyl (C=O) groups is 2. The normalized spacial score (nSPS) is 18.0. The molecule has 4 rings (SSSR count). The number of hydrogen-bond acceptors (Lipinski definition) is 4. The molecule has 2 aromatic rings. The Morgan fingerprint density at radius 1 is 0.867 bits per heavy atom. The zero-order chi connectivity index (χ0) is 21.4. The molecule has 2 aliphatic rings. The average Bonchev–Trinajstić information content (AvgIpc) is 2.97. The molecule has 0 spiro atoms. The van der Waals surface area contributed by atoms with E-state index in [1.165, 1.54) is 4.90 Å². The molecule has 30 heavy (non-hydrogen) atoms. The zero-order valence-electron chi connectivity index (χ0n) is 17.6. The van der Waals surface area contributed by atoms with Crippen molar-refractivity contribution in [1.29, 1.82) is 0 Å². The van der Waals surface area contributed by atoms with Gasteiger partial charge in [0.25, 0.3) is 11.8 Å². The lowest BCUT2D eigenvalue weighted by molar-refractivity contribution is -0.138. The number of halogens is 1. The Balaban J connectivity index is 1.73. The minimum atomic E-state index is -0.230. The summed E-state index contributed by atoms with van der Waals surface area (Å²) in [7, 11) is 2.07. The van der Waals surface area contributed by atoms with E-state index in [0.717, 1.165) is 48.4 Å². The van der Waals surface area contributed by atoms with Gasteiger partial charge in [-0.1, -0.05) is 41.9 Å². The lowest BCUT2D eigenvalue weighted by atomic mass is 9.99. The van der Waals surface area contributed by atoms with Crippen LogP contribution in [0.1, 0.15) is 22.3 Å². The molecule has 0 saturated carbocycles. The van der Waals surface area contributed by atoms with E-state index in [1.807, 2.05) is 44.2 Å². The highest BCUT2D eigenvalue weighted by atomic mass is 35.5. The smallest absolute Gasteiger partial charge is 0.278 e. The number of amides is 2. The SMILES string of the molecule is Cc1ccc(C2=C(N3CCN(C)CC3)C(=O)N(Cc3ccc(Cl)cc3)C2=O)cc1C. The Morgan fingerprint density at radius 3 is 2.17 bits per heavy atom. The number of likely N-dealkylation sites (N-methyl/N-ethyl adjacent to an activating group) is 1. The summed E-state index contributed by atoms with van der Waals surface area (Å²) in [5.41, 5.74) is 5.00. The Kier molecular flexibility index (Phi) is 5.67. The maximum atomic E-state index is 13.5. The molecule has 2 heterocycles. The summed E-state index contributed by atoms with van der Waals surface area (Å²) in [5, 5.41) is 0.630.